The van der Waals surface area contributed by atoms with Gasteiger partial charge in [-0.2, -0.15) is 0 Å². The maximum absolute atomic E-state index is 12.8. The number of ketones is 1. The molecule has 1 unspecified atom stereocenters. The zero-order chi connectivity index (χ0) is 20.6. The Morgan fingerprint density at radius 2 is 1.75 bits per heavy atom. The van der Waals surface area contributed by atoms with Gasteiger partial charge in [0.05, 0.1) is 16.6 Å². The van der Waals surface area contributed by atoms with Crippen molar-refractivity contribution in [1.29, 1.82) is 0 Å². The average molecular weight is 396 g/mol. The largest absolute Gasteiger partial charge is 0.354 e. The lowest BCUT2D eigenvalue weighted by atomic mass is 10.1. The van der Waals surface area contributed by atoms with Crippen LogP contribution in [0, 0.1) is 27.7 Å². The maximum Gasteiger partial charge on any atom is 0.268 e. The van der Waals surface area contributed by atoms with Gasteiger partial charge >= 0.3 is 0 Å². The van der Waals surface area contributed by atoms with E-state index in [-0.39, 0.29) is 17.7 Å². The molecule has 1 amide bonds. The number of hydrogen-bond donors (Lipinski definition) is 2. The fraction of sp³-hybridized carbons (Fsp3) is 0.318. The number of Topliss-reactive ketones (excluding diaryl/α,β-unsaturated/α-hetero) is 1. The number of hydrogen-bond acceptors (Lipinski definition) is 4. The average Bonchev–Trinajstić information content (AvgIpc) is 3.15. The molecule has 0 radical (unpaired) electrons. The number of aryl methyl sites for hydroxylation is 3. The molecule has 0 aliphatic rings. The Labute approximate surface area is 169 Å². The fourth-order valence-electron chi connectivity index (χ4n) is 3.47. The van der Waals surface area contributed by atoms with Crippen LogP contribution in [-0.2, 0) is 0 Å². The molecule has 28 heavy (non-hydrogen) atoms. The first-order valence-corrected chi connectivity index (χ1v) is 10.1. The quantitative estimate of drug-likeness (QED) is 0.593. The summed E-state index contributed by atoms with van der Waals surface area (Å²) in [7, 11) is 0. The summed E-state index contributed by atoms with van der Waals surface area (Å²) >= 11 is 1.59. The van der Waals surface area contributed by atoms with Gasteiger partial charge in [0.1, 0.15) is 10.7 Å². The fourth-order valence-corrected chi connectivity index (χ4v) is 4.54. The molecule has 0 aliphatic carbocycles. The van der Waals surface area contributed by atoms with E-state index in [0.717, 1.165) is 26.8 Å². The second-order valence-electron chi connectivity index (χ2n) is 7.21. The SMILES string of the molecule is CC(=O)c1c(C)[nH]c(C(=O)NC(C)c2sc(-c3ccc(C)cc3)nc2C)c1C. The molecule has 3 rings (SSSR count). The van der Waals surface area contributed by atoms with Crippen molar-refractivity contribution in [3.05, 3.63) is 62.9 Å². The van der Waals surface area contributed by atoms with Crippen LogP contribution in [-0.4, -0.2) is 21.7 Å². The Morgan fingerprint density at radius 1 is 1.11 bits per heavy atom. The van der Waals surface area contributed by atoms with Gasteiger partial charge in [0.15, 0.2) is 5.78 Å². The predicted octanol–water partition coefficient (Wildman–Crippen LogP) is 5.07. The lowest BCUT2D eigenvalue weighted by molar-refractivity contribution is 0.0935. The van der Waals surface area contributed by atoms with Crippen LogP contribution >= 0.6 is 11.3 Å². The zero-order valence-corrected chi connectivity index (χ0v) is 17.9. The normalized spacial score (nSPS) is 12.1. The summed E-state index contributed by atoms with van der Waals surface area (Å²) in [6.07, 6.45) is 0. The number of benzene rings is 1. The molecule has 1 aromatic carbocycles. The first-order chi connectivity index (χ1) is 13.2. The van der Waals surface area contributed by atoms with Gasteiger partial charge in [0, 0.05) is 16.8 Å². The van der Waals surface area contributed by atoms with Crippen LogP contribution in [0.3, 0.4) is 0 Å². The second kappa shape index (κ2) is 7.72. The summed E-state index contributed by atoms with van der Waals surface area (Å²) in [5.41, 5.74) is 5.64. The minimum atomic E-state index is -0.217. The topological polar surface area (TPSA) is 74.8 Å². The Balaban J connectivity index is 1.83. The van der Waals surface area contributed by atoms with E-state index in [4.69, 9.17) is 0 Å². The number of carbonyl (C=O) groups is 2. The number of carbonyl (C=O) groups excluding carboxylic acids is 2. The molecule has 0 fully saturated rings. The van der Waals surface area contributed by atoms with Crippen LogP contribution in [0.4, 0.5) is 0 Å². The maximum atomic E-state index is 12.8. The summed E-state index contributed by atoms with van der Waals surface area (Å²) in [6.45, 7) is 11.1. The van der Waals surface area contributed by atoms with Gasteiger partial charge < -0.3 is 10.3 Å². The van der Waals surface area contributed by atoms with Crippen molar-refractivity contribution < 1.29 is 9.59 Å². The first-order valence-electron chi connectivity index (χ1n) is 9.24. The third-order valence-corrected chi connectivity index (χ3v) is 6.28. The molecule has 1 atom stereocenters. The van der Waals surface area contributed by atoms with E-state index in [0.29, 0.717) is 16.8 Å². The highest BCUT2D eigenvalue weighted by Crippen LogP contribution is 2.32. The van der Waals surface area contributed by atoms with E-state index >= 15 is 0 Å². The molecule has 2 aromatic heterocycles. The van der Waals surface area contributed by atoms with E-state index in [1.54, 1.807) is 18.3 Å². The molecule has 0 saturated heterocycles. The molecular weight excluding hydrogens is 370 g/mol. The van der Waals surface area contributed by atoms with Gasteiger partial charge in [0.2, 0.25) is 0 Å². The number of aromatic nitrogens is 2. The second-order valence-corrected chi connectivity index (χ2v) is 8.24. The Hall–Kier alpha value is -2.73. The highest BCUT2D eigenvalue weighted by atomic mass is 32.1. The molecule has 0 aliphatic heterocycles. The van der Waals surface area contributed by atoms with Crippen LogP contribution in [0.5, 0.6) is 0 Å². The highest BCUT2D eigenvalue weighted by molar-refractivity contribution is 7.15. The molecule has 5 nitrogen and oxygen atoms in total. The number of amides is 1. The number of rotatable bonds is 5. The van der Waals surface area contributed by atoms with Crippen LogP contribution in [0.15, 0.2) is 24.3 Å². The van der Waals surface area contributed by atoms with Gasteiger partial charge in [-0.3, -0.25) is 9.59 Å². The first kappa shape index (κ1) is 20.0. The summed E-state index contributed by atoms with van der Waals surface area (Å²) in [5.74, 6) is -0.260. The zero-order valence-electron chi connectivity index (χ0n) is 17.1. The highest BCUT2D eigenvalue weighted by Gasteiger charge is 2.23. The van der Waals surface area contributed by atoms with Gasteiger partial charge in [-0.05, 0) is 47.1 Å². The monoisotopic (exact) mass is 395 g/mol. The molecule has 2 heterocycles. The van der Waals surface area contributed by atoms with Crippen LogP contribution < -0.4 is 5.32 Å². The van der Waals surface area contributed by atoms with Crippen molar-refractivity contribution in [3.8, 4) is 10.6 Å². The summed E-state index contributed by atoms with van der Waals surface area (Å²) in [4.78, 5) is 33.4. The third kappa shape index (κ3) is 3.78. The third-order valence-electron chi connectivity index (χ3n) is 4.89. The van der Waals surface area contributed by atoms with Gasteiger partial charge in [-0.15, -0.1) is 11.3 Å². The molecule has 0 saturated carbocycles. The standard InChI is InChI=1S/C22H25N3O2S/c1-11-7-9-17(10-8-11)22-25-15(5)20(28-22)14(4)24-21(27)19-12(2)18(16(6)26)13(3)23-19/h7-10,14,23H,1-6H3,(H,24,27). The van der Waals surface area contributed by atoms with Gasteiger partial charge in [-0.25, -0.2) is 4.98 Å². The van der Waals surface area contributed by atoms with Gasteiger partial charge in [0.25, 0.3) is 5.91 Å². The smallest absolute Gasteiger partial charge is 0.268 e. The van der Waals surface area contributed by atoms with Gasteiger partial charge in [-0.1, -0.05) is 29.8 Å². The number of H-pyrrole nitrogens is 1. The van der Waals surface area contributed by atoms with Crippen LogP contribution in [0.25, 0.3) is 10.6 Å². The van der Waals surface area contributed by atoms with E-state index in [9.17, 15) is 9.59 Å². The summed E-state index contributed by atoms with van der Waals surface area (Å²) < 4.78 is 0. The van der Waals surface area contributed by atoms with Crippen LogP contribution in [0.1, 0.15) is 68.1 Å². The molecule has 146 valence electrons. The molecule has 3 aromatic rings. The molecule has 2 N–H and O–H groups in total. The van der Waals surface area contributed by atoms with E-state index < -0.39 is 0 Å². The van der Waals surface area contributed by atoms with E-state index in [2.05, 4.69) is 46.5 Å². The predicted molar refractivity (Wildman–Crippen MR) is 113 cm³/mol. The van der Waals surface area contributed by atoms with Crippen molar-refractivity contribution in [2.75, 3.05) is 0 Å². The summed E-state index contributed by atoms with van der Waals surface area (Å²) in [6, 6.07) is 8.08. The Bertz CT molecular complexity index is 1040. The molecule has 0 spiro atoms. The molecule has 6 heteroatoms. The number of nitrogens with zero attached hydrogens (tertiary/aromatic N) is 1. The summed E-state index contributed by atoms with van der Waals surface area (Å²) in [5, 5.41) is 3.98. The van der Waals surface area contributed by atoms with Crippen molar-refractivity contribution in [2.24, 2.45) is 0 Å². The van der Waals surface area contributed by atoms with Crippen molar-refractivity contribution in [2.45, 2.75) is 47.6 Å². The van der Waals surface area contributed by atoms with E-state index in [1.807, 2.05) is 20.8 Å². The van der Waals surface area contributed by atoms with Crippen molar-refractivity contribution >= 4 is 23.0 Å². The molecule has 0 bridgehead atoms. The Morgan fingerprint density at radius 3 is 2.32 bits per heavy atom. The minimum Gasteiger partial charge on any atom is -0.354 e. The van der Waals surface area contributed by atoms with Crippen molar-refractivity contribution in [3.63, 3.8) is 0 Å². The van der Waals surface area contributed by atoms with Crippen LogP contribution in [0.2, 0.25) is 0 Å². The minimum absolute atomic E-state index is 0.0422. The number of thiazole rings is 1. The number of aromatic amines is 1. The lowest BCUT2D eigenvalue weighted by Crippen LogP contribution is -2.27. The van der Waals surface area contributed by atoms with E-state index in [1.165, 1.54) is 12.5 Å². The number of nitrogens with one attached hydrogen (secondary N) is 2. The lowest BCUT2D eigenvalue weighted by Gasteiger charge is -2.12. The van der Waals surface area contributed by atoms with Crippen molar-refractivity contribution in [1.82, 2.24) is 15.3 Å². The Kier molecular flexibility index (Phi) is 5.52. The molecular formula is C22H25N3O2S.